The van der Waals surface area contributed by atoms with Crippen LogP contribution in [0.25, 0.3) is 0 Å². The van der Waals surface area contributed by atoms with E-state index < -0.39 is 7.82 Å². The number of hydrogen-bond acceptors (Lipinski definition) is 3. The summed E-state index contributed by atoms with van der Waals surface area (Å²) >= 11 is 0. The molecule has 0 bridgehead atoms. The van der Waals surface area contributed by atoms with Gasteiger partial charge in [-0.3, -0.25) is 9.05 Å². The van der Waals surface area contributed by atoms with E-state index in [1.807, 2.05) is 36.0 Å². The largest absolute Gasteiger partial charge is 0.472 e. The second kappa shape index (κ2) is 18.8. The highest BCUT2D eigenvalue weighted by atomic mass is 31.2. The van der Waals surface area contributed by atoms with Crippen molar-refractivity contribution in [2.24, 2.45) is 7.05 Å². The lowest BCUT2D eigenvalue weighted by Crippen LogP contribution is -2.32. The van der Waals surface area contributed by atoms with Crippen molar-refractivity contribution in [3.8, 4) is 0 Å². The minimum absolute atomic E-state index is 0.0596. The maximum atomic E-state index is 12.0. The standard InChI is InChI=1S/C25H46NO4P/c1-3-4-5-6-7-8-9-10-11-12-13-14-15-16-17-20-23-29-31(27,28)30-24-25-21-18-19-22-26(25)2/h18-19,21-22H,3-17,20,23-24H2,1-2H3/p+1. The summed E-state index contributed by atoms with van der Waals surface area (Å²) in [5.41, 5.74) is 0.822. The predicted octanol–water partition coefficient (Wildman–Crippen LogP) is 7.41. The Morgan fingerprint density at radius 1 is 0.774 bits per heavy atom. The van der Waals surface area contributed by atoms with E-state index in [1.165, 1.54) is 83.5 Å². The molecule has 0 saturated heterocycles. The van der Waals surface area contributed by atoms with Crippen LogP contribution < -0.4 is 4.57 Å². The van der Waals surface area contributed by atoms with Crippen LogP contribution in [-0.4, -0.2) is 11.5 Å². The van der Waals surface area contributed by atoms with Crippen molar-refractivity contribution in [3.05, 3.63) is 30.1 Å². The molecule has 6 heteroatoms. The summed E-state index contributed by atoms with van der Waals surface area (Å²) in [4.78, 5) is 9.79. The molecule has 0 radical (unpaired) electrons. The molecule has 0 aliphatic heterocycles. The topological polar surface area (TPSA) is 59.6 Å². The van der Waals surface area contributed by atoms with Gasteiger partial charge in [0, 0.05) is 12.1 Å². The number of pyridine rings is 1. The van der Waals surface area contributed by atoms with Crippen molar-refractivity contribution in [3.63, 3.8) is 0 Å². The van der Waals surface area contributed by atoms with Crippen molar-refractivity contribution in [2.75, 3.05) is 6.61 Å². The van der Waals surface area contributed by atoms with Gasteiger partial charge < -0.3 is 4.89 Å². The Morgan fingerprint density at radius 3 is 1.74 bits per heavy atom. The Kier molecular flexibility index (Phi) is 17.2. The molecular weight excluding hydrogens is 409 g/mol. The quantitative estimate of drug-likeness (QED) is 0.119. The number of nitrogens with zero attached hydrogens (tertiary/aromatic N) is 1. The highest BCUT2D eigenvalue weighted by Gasteiger charge is 2.22. The molecule has 5 nitrogen and oxygen atoms in total. The van der Waals surface area contributed by atoms with E-state index in [-0.39, 0.29) is 13.2 Å². The monoisotopic (exact) mass is 456 g/mol. The number of hydrogen-bond donors (Lipinski definition) is 1. The SMILES string of the molecule is CCCCCCCCCCCCCCCCCCOP(=O)(O)OCc1cccc[n+]1C. The molecule has 1 aromatic rings. The van der Waals surface area contributed by atoms with Gasteiger partial charge in [0.1, 0.15) is 13.7 Å². The summed E-state index contributed by atoms with van der Waals surface area (Å²) in [6.07, 6.45) is 22.7. The molecule has 1 aromatic heterocycles. The van der Waals surface area contributed by atoms with Gasteiger partial charge in [0.15, 0.2) is 6.20 Å². The third-order valence-corrected chi connectivity index (χ3v) is 6.75. The first-order valence-corrected chi connectivity index (χ1v) is 14.1. The molecule has 1 N–H and O–H groups in total. The highest BCUT2D eigenvalue weighted by Crippen LogP contribution is 2.44. The van der Waals surface area contributed by atoms with Gasteiger partial charge in [-0.25, -0.2) is 9.13 Å². The number of phosphoric acid groups is 1. The minimum Gasteiger partial charge on any atom is -0.302 e. The van der Waals surface area contributed by atoms with E-state index in [9.17, 15) is 9.46 Å². The van der Waals surface area contributed by atoms with Gasteiger partial charge in [0.25, 0.3) is 0 Å². The average molecular weight is 457 g/mol. The highest BCUT2D eigenvalue weighted by molar-refractivity contribution is 7.47. The van der Waals surface area contributed by atoms with Crippen LogP contribution in [0, 0.1) is 0 Å². The lowest BCUT2D eigenvalue weighted by atomic mass is 10.0. The lowest BCUT2D eigenvalue weighted by Gasteiger charge is -2.11. The minimum atomic E-state index is -3.98. The average Bonchev–Trinajstić information content (AvgIpc) is 2.75. The van der Waals surface area contributed by atoms with Gasteiger partial charge in [0.2, 0.25) is 5.69 Å². The normalized spacial score (nSPS) is 13.4. The fraction of sp³-hybridized carbons (Fsp3) is 0.800. The number of rotatable bonds is 21. The van der Waals surface area contributed by atoms with Crippen molar-refractivity contribution in [1.82, 2.24) is 0 Å². The number of aryl methyl sites for hydroxylation is 1. The maximum absolute atomic E-state index is 12.0. The molecule has 0 aliphatic rings. The molecule has 180 valence electrons. The van der Waals surface area contributed by atoms with E-state index >= 15 is 0 Å². The van der Waals surface area contributed by atoms with Crippen LogP contribution in [0.15, 0.2) is 24.4 Å². The van der Waals surface area contributed by atoms with E-state index in [0.717, 1.165) is 25.0 Å². The Balaban J connectivity index is 1.85. The molecule has 0 amide bonds. The predicted molar refractivity (Wildman–Crippen MR) is 128 cm³/mol. The van der Waals surface area contributed by atoms with E-state index in [1.54, 1.807) is 0 Å². The van der Waals surface area contributed by atoms with Crippen LogP contribution in [0.3, 0.4) is 0 Å². The van der Waals surface area contributed by atoms with Gasteiger partial charge in [-0.05, 0) is 6.42 Å². The summed E-state index contributed by atoms with van der Waals surface area (Å²) in [5.74, 6) is 0. The van der Waals surface area contributed by atoms with E-state index in [2.05, 4.69) is 6.92 Å². The molecule has 1 heterocycles. The first kappa shape index (κ1) is 28.3. The number of unbranched alkanes of at least 4 members (excludes halogenated alkanes) is 15. The molecule has 31 heavy (non-hydrogen) atoms. The van der Waals surface area contributed by atoms with Crippen LogP contribution >= 0.6 is 7.82 Å². The van der Waals surface area contributed by atoms with Crippen molar-refractivity contribution in [1.29, 1.82) is 0 Å². The summed E-state index contributed by atoms with van der Waals surface area (Å²) in [5, 5.41) is 0. The number of phosphoric ester groups is 1. The second-order valence-electron chi connectivity index (χ2n) is 8.68. The Labute approximate surface area is 191 Å². The molecular formula is C25H47NO4P+. The van der Waals surface area contributed by atoms with Crippen LogP contribution in [0.1, 0.15) is 115 Å². The molecule has 1 rings (SSSR count). The van der Waals surface area contributed by atoms with Gasteiger partial charge in [-0.15, -0.1) is 0 Å². The van der Waals surface area contributed by atoms with Crippen LogP contribution in [-0.2, 0) is 27.3 Å². The van der Waals surface area contributed by atoms with Crippen LogP contribution in [0.2, 0.25) is 0 Å². The maximum Gasteiger partial charge on any atom is 0.472 e. The fourth-order valence-electron chi connectivity index (χ4n) is 3.72. The molecule has 1 unspecified atom stereocenters. The van der Waals surface area contributed by atoms with E-state index in [4.69, 9.17) is 9.05 Å². The van der Waals surface area contributed by atoms with Gasteiger partial charge >= 0.3 is 7.82 Å². The Morgan fingerprint density at radius 2 is 1.26 bits per heavy atom. The van der Waals surface area contributed by atoms with Gasteiger partial charge in [0.05, 0.1) is 6.61 Å². The Hall–Kier alpha value is -0.740. The van der Waals surface area contributed by atoms with Crippen molar-refractivity contribution >= 4 is 7.82 Å². The molecule has 1 atom stereocenters. The zero-order valence-electron chi connectivity index (χ0n) is 20.1. The third-order valence-electron chi connectivity index (χ3n) is 5.79. The summed E-state index contributed by atoms with van der Waals surface area (Å²) in [6, 6.07) is 5.63. The molecule has 0 saturated carbocycles. The summed E-state index contributed by atoms with van der Waals surface area (Å²) in [7, 11) is -2.11. The van der Waals surface area contributed by atoms with Crippen LogP contribution in [0.4, 0.5) is 0 Å². The number of aromatic nitrogens is 1. The second-order valence-corrected chi connectivity index (χ2v) is 10.1. The molecule has 0 aromatic carbocycles. The molecule has 0 spiro atoms. The zero-order valence-corrected chi connectivity index (χ0v) is 21.0. The first-order valence-electron chi connectivity index (χ1n) is 12.6. The lowest BCUT2D eigenvalue weighted by molar-refractivity contribution is -0.680. The smallest absolute Gasteiger partial charge is 0.302 e. The van der Waals surface area contributed by atoms with Crippen LogP contribution in [0.5, 0.6) is 0 Å². The van der Waals surface area contributed by atoms with Gasteiger partial charge in [-0.2, -0.15) is 0 Å². The summed E-state index contributed by atoms with van der Waals surface area (Å²) in [6.45, 7) is 2.60. The fourth-order valence-corrected chi connectivity index (χ4v) is 4.45. The zero-order chi connectivity index (χ0) is 22.6. The molecule has 0 fully saturated rings. The van der Waals surface area contributed by atoms with E-state index in [0.29, 0.717) is 0 Å². The van der Waals surface area contributed by atoms with Gasteiger partial charge in [-0.1, -0.05) is 109 Å². The summed E-state index contributed by atoms with van der Waals surface area (Å²) < 4.78 is 24.0. The van der Waals surface area contributed by atoms with Crippen molar-refractivity contribution in [2.45, 2.75) is 116 Å². The third kappa shape index (κ3) is 16.5. The Bertz CT molecular complexity index is 597. The molecule has 0 aliphatic carbocycles. The van der Waals surface area contributed by atoms with Crippen molar-refractivity contribution < 1.29 is 23.1 Å². The first-order chi connectivity index (χ1) is 15.0.